The van der Waals surface area contributed by atoms with Gasteiger partial charge in [0.15, 0.2) is 0 Å². The number of carbonyl (C=O) groups is 1. The highest BCUT2D eigenvalue weighted by atomic mass is 16.1. The molecule has 1 aromatic carbocycles. The zero-order chi connectivity index (χ0) is 18.5. The monoisotopic (exact) mass is 356 g/mol. The van der Waals surface area contributed by atoms with Crippen molar-refractivity contribution in [3.63, 3.8) is 0 Å². The smallest absolute Gasteiger partial charge is 0.271 e. The summed E-state index contributed by atoms with van der Waals surface area (Å²) in [4.78, 5) is 29.1. The summed E-state index contributed by atoms with van der Waals surface area (Å²) in [5.41, 5.74) is 2.84. The average Bonchev–Trinajstić information content (AvgIpc) is 2.74. The molecular formula is C20H16N6O. The average molecular weight is 356 g/mol. The van der Waals surface area contributed by atoms with E-state index in [0.29, 0.717) is 12.4 Å². The van der Waals surface area contributed by atoms with Crippen molar-refractivity contribution in [2.45, 2.75) is 6.54 Å². The number of fused-ring (bicyclic) bond motifs is 1. The minimum Gasteiger partial charge on any atom is -0.347 e. The Labute approximate surface area is 155 Å². The van der Waals surface area contributed by atoms with Crippen LogP contribution in [0.25, 0.3) is 10.9 Å². The molecule has 7 nitrogen and oxygen atoms in total. The van der Waals surface area contributed by atoms with Crippen LogP contribution in [-0.4, -0.2) is 25.8 Å². The molecule has 0 unspecified atom stereocenters. The van der Waals surface area contributed by atoms with E-state index in [9.17, 15) is 4.79 Å². The number of aromatic nitrogens is 4. The van der Waals surface area contributed by atoms with E-state index in [-0.39, 0.29) is 11.6 Å². The number of carbonyl (C=O) groups excluding carboxylic acids is 1. The Hall–Kier alpha value is -3.87. The van der Waals surface area contributed by atoms with Gasteiger partial charge in [-0.3, -0.25) is 14.8 Å². The molecule has 0 aliphatic rings. The number of nitrogens with one attached hydrogen (secondary N) is 2. The first-order valence-electron chi connectivity index (χ1n) is 8.39. The maximum Gasteiger partial charge on any atom is 0.271 e. The van der Waals surface area contributed by atoms with Gasteiger partial charge in [-0.2, -0.15) is 0 Å². The molecule has 0 atom stereocenters. The van der Waals surface area contributed by atoms with E-state index < -0.39 is 0 Å². The number of anilines is 2. The molecule has 0 aliphatic carbocycles. The fourth-order valence-electron chi connectivity index (χ4n) is 2.63. The lowest BCUT2D eigenvalue weighted by atomic mass is 10.2. The zero-order valence-corrected chi connectivity index (χ0v) is 14.3. The number of nitrogens with zero attached hydrogens (tertiary/aromatic N) is 4. The lowest BCUT2D eigenvalue weighted by Crippen LogP contribution is -2.24. The molecule has 132 valence electrons. The predicted molar refractivity (Wildman–Crippen MR) is 102 cm³/mol. The molecule has 1 amide bonds. The second kappa shape index (κ2) is 7.57. The Morgan fingerprint density at radius 2 is 1.78 bits per heavy atom. The summed E-state index contributed by atoms with van der Waals surface area (Å²) in [7, 11) is 0. The van der Waals surface area contributed by atoms with Crippen LogP contribution in [0.4, 0.5) is 11.5 Å². The first-order valence-corrected chi connectivity index (χ1v) is 8.39. The molecule has 0 saturated heterocycles. The van der Waals surface area contributed by atoms with Crippen molar-refractivity contribution in [2.24, 2.45) is 0 Å². The largest absolute Gasteiger partial charge is 0.347 e. The van der Waals surface area contributed by atoms with E-state index in [2.05, 4.69) is 30.6 Å². The summed E-state index contributed by atoms with van der Waals surface area (Å²) in [6, 6.07) is 13.5. The van der Waals surface area contributed by atoms with Gasteiger partial charge in [0, 0.05) is 30.5 Å². The third-order valence-corrected chi connectivity index (χ3v) is 3.96. The Kier molecular flexibility index (Phi) is 4.65. The topological polar surface area (TPSA) is 92.7 Å². The van der Waals surface area contributed by atoms with Gasteiger partial charge in [0.05, 0.1) is 23.6 Å². The molecule has 0 saturated carbocycles. The summed E-state index contributed by atoms with van der Waals surface area (Å²) in [5.74, 6) is 0.252. The van der Waals surface area contributed by atoms with E-state index in [0.717, 1.165) is 22.2 Å². The molecule has 0 aliphatic heterocycles. The summed E-state index contributed by atoms with van der Waals surface area (Å²) < 4.78 is 0. The van der Waals surface area contributed by atoms with Crippen LogP contribution >= 0.6 is 0 Å². The van der Waals surface area contributed by atoms with Crippen LogP contribution in [0.1, 0.15) is 16.1 Å². The number of hydrogen-bond acceptors (Lipinski definition) is 6. The summed E-state index contributed by atoms with van der Waals surface area (Å²) in [6.45, 7) is 0.385. The zero-order valence-electron chi connectivity index (χ0n) is 14.3. The van der Waals surface area contributed by atoms with Gasteiger partial charge in [-0.1, -0.05) is 24.3 Å². The van der Waals surface area contributed by atoms with Crippen molar-refractivity contribution in [1.29, 1.82) is 0 Å². The lowest BCUT2D eigenvalue weighted by Gasteiger charge is -2.09. The third-order valence-electron chi connectivity index (χ3n) is 3.96. The molecule has 4 aromatic rings. The van der Waals surface area contributed by atoms with Crippen LogP contribution in [-0.2, 0) is 6.54 Å². The number of rotatable bonds is 5. The number of pyridine rings is 2. The molecule has 3 aromatic heterocycles. The van der Waals surface area contributed by atoms with Crippen molar-refractivity contribution in [2.75, 3.05) is 5.32 Å². The van der Waals surface area contributed by atoms with Crippen LogP contribution in [0, 0.1) is 0 Å². The van der Waals surface area contributed by atoms with Crippen molar-refractivity contribution in [3.05, 3.63) is 84.7 Å². The predicted octanol–water partition coefficient (Wildman–Crippen LogP) is 3.09. The summed E-state index contributed by atoms with van der Waals surface area (Å²) >= 11 is 0. The normalized spacial score (nSPS) is 10.5. The third kappa shape index (κ3) is 3.87. The van der Waals surface area contributed by atoms with Crippen LogP contribution < -0.4 is 10.6 Å². The van der Waals surface area contributed by atoms with E-state index in [1.165, 1.54) is 12.4 Å². The van der Waals surface area contributed by atoms with Gasteiger partial charge in [0.1, 0.15) is 11.5 Å². The maximum absolute atomic E-state index is 12.2. The standard InChI is InChI=1S/C20H16N6O/c27-20(25-11-14-4-2-8-21-10-14)17-12-24-18(13-23-17)26-16-7-1-5-15-6-3-9-22-19(15)16/h1-10,12-13H,11H2,(H,24,26)(H,25,27). The molecule has 0 spiro atoms. The van der Waals surface area contributed by atoms with Gasteiger partial charge in [-0.05, 0) is 23.8 Å². The van der Waals surface area contributed by atoms with E-state index in [1.54, 1.807) is 18.6 Å². The molecule has 0 bridgehead atoms. The lowest BCUT2D eigenvalue weighted by molar-refractivity contribution is 0.0945. The van der Waals surface area contributed by atoms with Gasteiger partial charge in [-0.15, -0.1) is 0 Å². The van der Waals surface area contributed by atoms with E-state index >= 15 is 0 Å². The molecule has 4 rings (SSSR count). The Balaban J connectivity index is 1.45. The summed E-state index contributed by atoms with van der Waals surface area (Å²) in [6.07, 6.45) is 8.11. The first-order chi connectivity index (χ1) is 13.3. The second-order valence-electron chi connectivity index (χ2n) is 5.84. The first kappa shape index (κ1) is 16.6. The van der Waals surface area contributed by atoms with Gasteiger partial charge in [-0.25, -0.2) is 9.97 Å². The minimum atomic E-state index is -0.287. The molecule has 3 heterocycles. The highest BCUT2D eigenvalue weighted by molar-refractivity contribution is 5.93. The highest BCUT2D eigenvalue weighted by Gasteiger charge is 2.09. The van der Waals surface area contributed by atoms with E-state index in [4.69, 9.17) is 0 Å². The van der Waals surface area contributed by atoms with Crippen LogP contribution in [0.3, 0.4) is 0 Å². The fraction of sp³-hybridized carbons (Fsp3) is 0.0500. The number of para-hydroxylation sites is 1. The van der Waals surface area contributed by atoms with E-state index in [1.807, 2.05) is 42.5 Å². The van der Waals surface area contributed by atoms with Crippen LogP contribution in [0.5, 0.6) is 0 Å². The molecule has 0 fully saturated rings. The van der Waals surface area contributed by atoms with Gasteiger partial charge in [0.2, 0.25) is 0 Å². The molecule has 2 N–H and O–H groups in total. The molecular weight excluding hydrogens is 340 g/mol. The van der Waals surface area contributed by atoms with Gasteiger partial charge >= 0.3 is 0 Å². The molecule has 7 heteroatoms. The quantitative estimate of drug-likeness (QED) is 0.571. The van der Waals surface area contributed by atoms with Crippen LogP contribution in [0.2, 0.25) is 0 Å². The number of hydrogen-bond donors (Lipinski definition) is 2. The van der Waals surface area contributed by atoms with Gasteiger partial charge in [0.25, 0.3) is 5.91 Å². The van der Waals surface area contributed by atoms with Crippen molar-refractivity contribution >= 4 is 28.3 Å². The number of amides is 1. The van der Waals surface area contributed by atoms with Crippen molar-refractivity contribution < 1.29 is 4.79 Å². The molecule has 0 radical (unpaired) electrons. The second-order valence-corrected chi connectivity index (χ2v) is 5.84. The van der Waals surface area contributed by atoms with Crippen molar-refractivity contribution in [3.8, 4) is 0 Å². The van der Waals surface area contributed by atoms with Gasteiger partial charge < -0.3 is 10.6 Å². The highest BCUT2D eigenvalue weighted by Crippen LogP contribution is 2.23. The Morgan fingerprint density at radius 1 is 0.889 bits per heavy atom. The van der Waals surface area contributed by atoms with Crippen molar-refractivity contribution in [1.82, 2.24) is 25.3 Å². The van der Waals surface area contributed by atoms with Crippen LogP contribution in [0.15, 0.2) is 73.4 Å². The molecule has 27 heavy (non-hydrogen) atoms. The fourth-order valence-corrected chi connectivity index (χ4v) is 2.63. The Bertz CT molecular complexity index is 1060. The summed E-state index contributed by atoms with van der Waals surface area (Å²) in [5, 5.41) is 7.02. The maximum atomic E-state index is 12.2. The number of benzene rings is 1. The SMILES string of the molecule is O=C(NCc1cccnc1)c1cnc(Nc2cccc3cccnc23)cn1. The minimum absolute atomic E-state index is 0.250. The Morgan fingerprint density at radius 3 is 2.59 bits per heavy atom.